The molecule has 0 atom stereocenters. The average Bonchev–Trinajstić information content (AvgIpc) is 2.88. The number of aromatic nitrogens is 3. The zero-order chi connectivity index (χ0) is 10.3. The molecule has 3 aromatic rings. The van der Waals surface area contributed by atoms with Crippen LogP contribution in [0.15, 0.2) is 41.3 Å². The molecule has 0 saturated heterocycles. The van der Waals surface area contributed by atoms with Gasteiger partial charge >= 0.3 is 0 Å². The summed E-state index contributed by atoms with van der Waals surface area (Å²) < 4.78 is 6.85. The van der Waals surface area contributed by atoms with Gasteiger partial charge in [0.2, 0.25) is 0 Å². The van der Waals surface area contributed by atoms with Crippen LogP contribution in [0.5, 0.6) is 0 Å². The molecule has 0 aromatic carbocycles. The Balaban J connectivity index is 2.29. The molecular weight excluding hydrogens is 190 g/mol. The van der Waals surface area contributed by atoms with Crippen molar-refractivity contribution in [2.45, 2.75) is 6.92 Å². The van der Waals surface area contributed by atoms with Gasteiger partial charge in [-0.1, -0.05) is 0 Å². The lowest BCUT2D eigenvalue weighted by Crippen LogP contribution is -1.96. The summed E-state index contributed by atoms with van der Waals surface area (Å²) in [5.41, 5.74) is 3.81. The molecule has 4 nitrogen and oxygen atoms in total. The summed E-state index contributed by atoms with van der Waals surface area (Å²) in [5, 5.41) is 4.17. The summed E-state index contributed by atoms with van der Waals surface area (Å²) in [7, 11) is 0. The van der Waals surface area contributed by atoms with Gasteiger partial charge in [0.25, 0.3) is 0 Å². The van der Waals surface area contributed by atoms with Crippen LogP contribution in [0.4, 0.5) is 0 Å². The highest BCUT2D eigenvalue weighted by Crippen LogP contribution is 2.19. The largest absolute Gasteiger partial charge is 0.472 e. The van der Waals surface area contributed by atoms with Gasteiger partial charge in [-0.05, 0) is 19.1 Å². The van der Waals surface area contributed by atoms with Gasteiger partial charge in [-0.25, -0.2) is 9.50 Å². The van der Waals surface area contributed by atoms with Crippen molar-refractivity contribution in [3.63, 3.8) is 0 Å². The lowest BCUT2D eigenvalue weighted by Gasteiger charge is -2.01. The molecule has 3 aromatic heterocycles. The molecule has 0 aliphatic heterocycles. The third-order valence-corrected chi connectivity index (χ3v) is 2.35. The van der Waals surface area contributed by atoms with Crippen molar-refractivity contribution in [3.8, 4) is 11.3 Å². The molecule has 0 fully saturated rings. The second-order valence-corrected chi connectivity index (χ2v) is 3.40. The first kappa shape index (κ1) is 8.23. The Bertz CT molecular complexity index is 595. The minimum atomic E-state index is 0.853. The summed E-state index contributed by atoms with van der Waals surface area (Å²) >= 11 is 0. The van der Waals surface area contributed by atoms with E-state index in [2.05, 4.69) is 10.1 Å². The third kappa shape index (κ3) is 1.22. The van der Waals surface area contributed by atoms with Gasteiger partial charge in [0.05, 0.1) is 24.4 Å². The normalized spacial score (nSPS) is 11.0. The van der Waals surface area contributed by atoms with Crippen LogP contribution in [0.2, 0.25) is 0 Å². The van der Waals surface area contributed by atoms with Gasteiger partial charge < -0.3 is 4.42 Å². The molecular formula is C11H9N3O. The van der Waals surface area contributed by atoms with E-state index >= 15 is 0 Å². The van der Waals surface area contributed by atoms with Gasteiger partial charge in [-0.15, -0.1) is 0 Å². The van der Waals surface area contributed by atoms with Crippen LogP contribution in [-0.4, -0.2) is 14.6 Å². The van der Waals surface area contributed by atoms with Crippen molar-refractivity contribution in [1.82, 2.24) is 14.6 Å². The number of aryl methyl sites for hydroxylation is 1. The molecule has 3 heterocycles. The zero-order valence-corrected chi connectivity index (χ0v) is 8.21. The minimum absolute atomic E-state index is 0.853. The van der Waals surface area contributed by atoms with Crippen LogP contribution < -0.4 is 0 Å². The highest BCUT2D eigenvalue weighted by Gasteiger charge is 2.05. The smallest absolute Gasteiger partial charge is 0.155 e. The number of hydrogen-bond donors (Lipinski definition) is 0. The first-order valence-electron chi connectivity index (χ1n) is 4.68. The van der Waals surface area contributed by atoms with E-state index in [-0.39, 0.29) is 0 Å². The van der Waals surface area contributed by atoms with Crippen molar-refractivity contribution in [3.05, 3.63) is 42.6 Å². The van der Waals surface area contributed by atoms with E-state index in [9.17, 15) is 0 Å². The second-order valence-electron chi connectivity index (χ2n) is 3.40. The maximum atomic E-state index is 5.04. The molecule has 0 spiro atoms. The summed E-state index contributed by atoms with van der Waals surface area (Å²) in [5.74, 6) is 0. The Morgan fingerprint density at radius 3 is 3.07 bits per heavy atom. The SMILES string of the molecule is Cc1cc(-c2ccoc2)nc2ccnn12. The zero-order valence-electron chi connectivity index (χ0n) is 8.21. The molecule has 0 amide bonds. The summed E-state index contributed by atoms with van der Waals surface area (Å²) in [6.07, 6.45) is 5.08. The van der Waals surface area contributed by atoms with Gasteiger partial charge in [0.15, 0.2) is 5.65 Å². The van der Waals surface area contributed by atoms with E-state index < -0.39 is 0 Å². The molecule has 0 saturated carbocycles. The van der Waals surface area contributed by atoms with E-state index in [1.165, 1.54) is 0 Å². The van der Waals surface area contributed by atoms with E-state index in [0.29, 0.717) is 0 Å². The fraction of sp³-hybridized carbons (Fsp3) is 0.0909. The maximum Gasteiger partial charge on any atom is 0.155 e. The van der Waals surface area contributed by atoms with Crippen LogP contribution in [0.3, 0.4) is 0 Å². The molecule has 0 aliphatic carbocycles. The van der Waals surface area contributed by atoms with Gasteiger partial charge in [0, 0.05) is 17.3 Å². The predicted molar refractivity (Wildman–Crippen MR) is 55.4 cm³/mol. The molecule has 0 bridgehead atoms. The Morgan fingerprint density at radius 2 is 2.27 bits per heavy atom. The first-order valence-corrected chi connectivity index (χ1v) is 4.68. The lowest BCUT2D eigenvalue weighted by atomic mass is 10.2. The molecule has 4 heteroatoms. The van der Waals surface area contributed by atoms with Crippen molar-refractivity contribution in [2.75, 3.05) is 0 Å². The summed E-state index contributed by atoms with van der Waals surface area (Å²) in [4.78, 5) is 4.48. The first-order chi connectivity index (χ1) is 7.34. The summed E-state index contributed by atoms with van der Waals surface area (Å²) in [6, 6.07) is 5.77. The standard InChI is InChI=1S/C11H9N3O/c1-8-6-10(9-3-5-15-7-9)13-11-2-4-12-14(8)11/h2-7H,1H3. The third-order valence-electron chi connectivity index (χ3n) is 2.35. The molecule has 0 aliphatic rings. The van der Waals surface area contributed by atoms with Crippen molar-refractivity contribution in [2.24, 2.45) is 0 Å². The van der Waals surface area contributed by atoms with Crippen LogP contribution >= 0.6 is 0 Å². The van der Waals surface area contributed by atoms with Crippen LogP contribution in [-0.2, 0) is 0 Å². The second kappa shape index (κ2) is 2.95. The van der Waals surface area contributed by atoms with Gasteiger partial charge in [0.1, 0.15) is 0 Å². The van der Waals surface area contributed by atoms with E-state index in [0.717, 1.165) is 22.6 Å². The van der Waals surface area contributed by atoms with Crippen molar-refractivity contribution in [1.29, 1.82) is 0 Å². The number of furan rings is 1. The van der Waals surface area contributed by atoms with Crippen LogP contribution in [0.1, 0.15) is 5.69 Å². The summed E-state index contributed by atoms with van der Waals surface area (Å²) in [6.45, 7) is 2.01. The van der Waals surface area contributed by atoms with E-state index in [4.69, 9.17) is 4.42 Å². The average molecular weight is 199 g/mol. The number of fused-ring (bicyclic) bond motifs is 1. The Labute approximate surface area is 86.2 Å². The fourth-order valence-corrected chi connectivity index (χ4v) is 1.63. The number of rotatable bonds is 1. The van der Waals surface area contributed by atoms with Crippen LogP contribution in [0, 0.1) is 6.92 Å². The van der Waals surface area contributed by atoms with E-state index in [1.807, 2.05) is 29.6 Å². The molecule has 0 N–H and O–H groups in total. The Morgan fingerprint density at radius 1 is 1.33 bits per heavy atom. The van der Waals surface area contributed by atoms with Crippen molar-refractivity contribution >= 4 is 5.65 Å². The minimum Gasteiger partial charge on any atom is -0.472 e. The molecule has 74 valence electrons. The maximum absolute atomic E-state index is 5.04. The van der Waals surface area contributed by atoms with Crippen LogP contribution in [0.25, 0.3) is 16.9 Å². The number of hydrogen-bond acceptors (Lipinski definition) is 3. The molecule has 0 radical (unpaired) electrons. The van der Waals surface area contributed by atoms with Gasteiger partial charge in [-0.2, -0.15) is 5.10 Å². The predicted octanol–water partition coefficient (Wildman–Crippen LogP) is 2.30. The monoisotopic (exact) mass is 199 g/mol. The number of nitrogens with zero attached hydrogens (tertiary/aromatic N) is 3. The molecule has 3 rings (SSSR count). The van der Waals surface area contributed by atoms with Gasteiger partial charge in [-0.3, -0.25) is 0 Å². The fourth-order valence-electron chi connectivity index (χ4n) is 1.63. The quantitative estimate of drug-likeness (QED) is 0.604. The Kier molecular flexibility index (Phi) is 1.62. The lowest BCUT2D eigenvalue weighted by molar-refractivity contribution is 0.568. The molecule has 0 unspecified atom stereocenters. The highest BCUT2D eigenvalue weighted by atomic mass is 16.3. The Hall–Kier alpha value is -2.10. The highest BCUT2D eigenvalue weighted by molar-refractivity contribution is 5.60. The molecule has 15 heavy (non-hydrogen) atoms. The van der Waals surface area contributed by atoms with Crippen molar-refractivity contribution < 1.29 is 4.42 Å². The van der Waals surface area contributed by atoms with E-state index in [1.54, 1.807) is 18.7 Å². The topological polar surface area (TPSA) is 43.3 Å².